The Kier molecular flexibility index (Phi) is 3.19. The molecule has 1 unspecified atom stereocenters. The number of esters is 1. The van der Waals surface area contributed by atoms with Crippen molar-refractivity contribution in [2.75, 3.05) is 13.2 Å². The highest BCUT2D eigenvalue weighted by atomic mass is 35.5. The van der Waals surface area contributed by atoms with E-state index in [9.17, 15) is 9.59 Å². The molecule has 0 radical (unpaired) electrons. The quantitative estimate of drug-likeness (QED) is 0.629. The summed E-state index contributed by atoms with van der Waals surface area (Å²) in [6, 6.07) is 7.13. The first-order valence-electron chi connectivity index (χ1n) is 6.38. The van der Waals surface area contributed by atoms with Crippen molar-refractivity contribution in [1.29, 1.82) is 0 Å². The fraction of sp³-hybridized carbons (Fsp3) is 0.429. The van der Waals surface area contributed by atoms with Gasteiger partial charge in [-0.1, -0.05) is 23.7 Å². The first kappa shape index (κ1) is 12.5. The second-order valence-corrected chi connectivity index (χ2v) is 5.50. The molecule has 0 N–H and O–H groups in total. The predicted octanol–water partition coefficient (Wildman–Crippen LogP) is 2.18. The number of amides is 1. The smallest absolute Gasteiger partial charge is 0.397 e. The van der Waals surface area contributed by atoms with Gasteiger partial charge in [0.25, 0.3) is 0 Å². The third-order valence-corrected chi connectivity index (χ3v) is 3.84. The molecule has 0 bridgehead atoms. The lowest BCUT2D eigenvalue weighted by molar-refractivity contribution is -0.170. The van der Waals surface area contributed by atoms with Gasteiger partial charge in [-0.25, -0.2) is 4.79 Å². The van der Waals surface area contributed by atoms with Crippen LogP contribution in [0, 0.1) is 5.92 Å². The highest BCUT2D eigenvalue weighted by Gasteiger charge is 2.39. The van der Waals surface area contributed by atoms with Crippen molar-refractivity contribution < 1.29 is 14.3 Å². The maximum absolute atomic E-state index is 12.0. The molecule has 3 rings (SSSR count). The van der Waals surface area contributed by atoms with Crippen molar-refractivity contribution in [3.63, 3.8) is 0 Å². The second-order valence-electron chi connectivity index (χ2n) is 5.07. The number of hydrogen-bond acceptors (Lipinski definition) is 3. The van der Waals surface area contributed by atoms with E-state index in [-0.39, 0.29) is 12.6 Å². The topological polar surface area (TPSA) is 46.6 Å². The standard InChI is InChI=1S/C14H14ClNO3/c15-11-5-3-10(4-6-11)12-8-19-14(18)13(17)16(12)7-9-1-2-9/h3-6,9,12H,1-2,7-8H2. The summed E-state index contributed by atoms with van der Waals surface area (Å²) in [5.74, 6) is -0.742. The molecule has 1 aromatic rings. The Morgan fingerprint density at radius 3 is 2.53 bits per heavy atom. The fourth-order valence-corrected chi connectivity index (χ4v) is 2.44. The van der Waals surface area contributed by atoms with Crippen LogP contribution in [0.1, 0.15) is 24.4 Å². The summed E-state index contributed by atoms with van der Waals surface area (Å²) in [6.07, 6.45) is 2.26. The average Bonchev–Trinajstić information content (AvgIpc) is 3.21. The van der Waals surface area contributed by atoms with E-state index >= 15 is 0 Å². The molecule has 1 aromatic carbocycles. The molecule has 0 aromatic heterocycles. The van der Waals surface area contributed by atoms with E-state index in [1.807, 2.05) is 12.1 Å². The van der Waals surface area contributed by atoms with Gasteiger partial charge in [0.15, 0.2) is 0 Å². The van der Waals surface area contributed by atoms with Crippen molar-refractivity contribution in [1.82, 2.24) is 4.90 Å². The summed E-state index contributed by atoms with van der Waals surface area (Å²) in [4.78, 5) is 25.0. The van der Waals surface area contributed by atoms with Crippen LogP contribution >= 0.6 is 11.6 Å². The van der Waals surface area contributed by atoms with Gasteiger partial charge in [0.2, 0.25) is 0 Å². The summed E-state index contributed by atoms with van der Waals surface area (Å²) in [6.45, 7) is 0.861. The number of ether oxygens (including phenoxy) is 1. The van der Waals surface area contributed by atoms with E-state index < -0.39 is 11.9 Å². The van der Waals surface area contributed by atoms with E-state index in [2.05, 4.69) is 0 Å². The maximum atomic E-state index is 12.0. The summed E-state index contributed by atoms with van der Waals surface area (Å²) in [5, 5.41) is 0.650. The molecule has 2 aliphatic rings. The monoisotopic (exact) mass is 279 g/mol. The summed E-state index contributed by atoms with van der Waals surface area (Å²) < 4.78 is 4.96. The minimum absolute atomic E-state index is 0.192. The van der Waals surface area contributed by atoms with Gasteiger partial charge in [0.1, 0.15) is 6.61 Å². The summed E-state index contributed by atoms with van der Waals surface area (Å²) >= 11 is 5.87. The lowest BCUT2D eigenvalue weighted by atomic mass is 10.0. The number of hydrogen-bond donors (Lipinski definition) is 0. The van der Waals surface area contributed by atoms with Crippen LogP contribution in [-0.2, 0) is 14.3 Å². The van der Waals surface area contributed by atoms with Crippen LogP contribution in [0.5, 0.6) is 0 Å². The molecule has 4 nitrogen and oxygen atoms in total. The Bertz CT molecular complexity index is 510. The Morgan fingerprint density at radius 2 is 1.89 bits per heavy atom. The summed E-state index contributed by atoms with van der Waals surface area (Å²) in [5.41, 5.74) is 0.950. The van der Waals surface area contributed by atoms with Gasteiger partial charge in [-0.2, -0.15) is 0 Å². The molecule has 1 aliphatic carbocycles. The Labute approximate surface area is 116 Å². The number of rotatable bonds is 3. The molecule has 1 saturated heterocycles. The zero-order chi connectivity index (χ0) is 13.4. The van der Waals surface area contributed by atoms with E-state index in [1.165, 1.54) is 0 Å². The minimum atomic E-state index is -0.745. The molecule has 1 heterocycles. The molecule has 1 aliphatic heterocycles. The molecule has 1 atom stereocenters. The van der Waals surface area contributed by atoms with Crippen LogP contribution < -0.4 is 0 Å². The molecule has 2 fully saturated rings. The van der Waals surface area contributed by atoms with Gasteiger partial charge < -0.3 is 9.64 Å². The Morgan fingerprint density at radius 1 is 1.21 bits per heavy atom. The highest BCUT2D eigenvalue weighted by molar-refractivity contribution is 6.33. The van der Waals surface area contributed by atoms with Crippen molar-refractivity contribution in [2.24, 2.45) is 5.92 Å². The number of halogens is 1. The average molecular weight is 280 g/mol. The lowest BCUT2D eigenvalue weighted by Crippen LogP contribution is -2.48. The Balaban J connectivity index is 1.85. The van der Waals surface area contributed by atoms with E-state index in [4.69, 9.17) is 16.3 Å². The number of nitrogens with zero attached hydrogens (tertiary/aromatic N) is 1. The van der Waals surface area contributed by atoms with Gasteiger partial charge in [-0.3, -0.25) is 4.79 Å². The van der Waals surface area contributed by atoms with Crippen LogP contribution in [0.2, 0.25) is 5.02 Å². The number of carbonyl (C=O) groups is 2. The van der Waals surface area contributed by atoms with Crippen LogP contribution in [0.4, 0.5) is 0 Å². The van der Waals surface area contributed by atoms with Gasteiger partial charge in [0, 0.05) is 11.6 Å². The minimum Gasteiger partial charge on any atom is -0.456 e. The third kappa shape index (κ3) is 2.59. The van der Waals surface area contributed by atoms with E-state index in [0.29, 0.717) is 17.5 Å². The lowest BCUT2D eigenvalue weighted by Gasteiger charge is -2.34. The molecule has 0 spiro atoms. The first-order valence-corrected chi connectivity index (χ1v) is 6.76. The third-order valence-electron chi connectivity index (χ3n) is 3.59. The zero-order valence-electron chi connectivity index (χ0n) is 10.3. The van der Waals surface area contributed by atoms with Gasteiger partial charge >= 0.3 is 11.9 Å². The molecular weight excluding hydrogens is 266 g/mol. The van der Waals surface area contributed by atoms with Gasteiger partial charge in [0.05, 0.1) is 6.04 Å². The van der Waals surface area contributed by atoms with Crippen molar-refractivity contribution in [3.05, 3.63) is 34.9 Å². The second kappa shape index (κ2) is 4.85. The fourth-order valence-electron chi connectivity index (χ4n) is 2.31. The number of morpholine rings is 1. The number of cyclic esters (lactones) is 1. The maximum Gasteiger partial charge on any atom is 0.397 e. The predicted molar refractivity (Wildman–Crippen MR) is 69.6 cm³/mol. The first-order chi connectivity index (χ1) is 9.15. The number of carbonyl (C=O) groups excluding carboxylic acids is 2. The van der Waals surface area contributed by atoms with Gasteiger partial charge in [-0.05, 0) is 36.5 Å². The molecular formula is C14H14ClNO3. The molecule has 1 saturated carbocycles. The molecule has 5 heteroatoms. The molecule has 100 valence electrons. The van der Waals surface area contributed by atoms with E-state index in [1.54, 1.807) is 17.0 Å². The van der Waals surface area contributed by atoms with Crippen LogP contribution in [0.25, 0.3) is 0 Å². The zero-order valence-corrected chi connectivity index (χ0v) is 11.1. The summed E-state index contributed by atoms with van der Waals surface area (Å²) in [7, 11) is 0. The Hall–Kier alpha value is -1.55. The highest BCUT2D eigenvalue weighted by Crippen LogP contribution is 2.34. The van der Waals surface area contributed by atoms with Crippen LogP contribution in [0.3, 0.4) is 0 Å². The van der Waals surface area contributed by atoms with Crippen molar-refractivity contribution in [3.8, 4) is 0 Å². The molecule has 1 amide bonds. The van der Waals surface area contributed by atoms with Crippen molar-refractivity contribution >= 4 is 23.5 Å². The van der Waals surface area contributed by atoms with Crippen LogP contribution in [-0.4, -0.2) is 29.9 Å². The van der Waals surface area contributed by atoms with Crippen LogP contribution in [0.15, 0.2) is 24.3 Å². The van der Waals surface area contributed by atoms with E-state index in [0.717, 1.165) is 18.4 Å². The normalized spacial score (nSPS) is 23.4. The van der Waals surface area contributed by atoms with Crippen molar-refractivity contribution in [2.45, 2.75) is 18.9 Å². The molecule has 19 heavy (non-hydrogen) atoms. The van der Waals surface area contributed by atoms with Gasteiger partial charge in [-0.15, -0.1) is 0 Å². The SMILES string of the molecule is O=C1OCC(c2ccc(Cl)cc2)N(CC2CC2)C1=O. The largest absolute Gasteiger partial charge is 0.456 e. The number of benzene rings is 1.